The molecule has 0 amide bonds. The van der Waals surface area contributed by atoms with Crippen LogP contribution in [-0.4, -0.2) is 42.0 Å². The second-order valence-electron chi connectivity index (χ2n) is 5.76. The molecule has 2 heterocycles. The monoisotopic (exact) mass is 378 g/mol. The molecule has 0 unspecified atom stereocenters. The van der Waals surface area contributed by atoms with Gasteiger partial charge in [-0.3, -0.25) is 4.90 Å². The second-order valence-corrected chi connectivity index (χ2v) is 7.38. The van der Waals surface area contributed by atoms with Crippen molar-refractivity contribution in [1.29, 1.82) is 0 Å². The van der Waals surface area contributed by atoms with Gasteiger partial charge in [0.25, 0.3) is 0 Å². The standard InChI is InChI=1S/C17H22N4O2S2/c1-4-6-18-16-19-21(17(24)25-16)11-20-7-5-12-8-14(22-2)15(23-3)9-13(12)10-20/h4,8-9H,1,5-7,10-11H2,2-3H3,(H,18,19). The maximum Gasteiger partial charge on any atom is 0.204 e. The fourth-order valence-electron chi connectivity index (χ4n) is 2.88. The molecular formula is C17H22N4O2S2. The summed E-state index contributed by atoms with van der Waals surface area (Å²) >= 11 is 6.92. The molecule has 2 aromatic rings. The smallest absolute Gasteiger partial charge is 0.204 e. The van der Waals surface area contributed by atoms with Crippen LogP contribution in [0.2, 0.25) is 0 Å². The molecule has 0 fully saturated rings. The van der Waals surface area contributed by atoms with Gasteiger partial charge in [-0.15, -0.1) is 11.7 Å². The molecule has 0 spiro atoms. The van der Waals surface area contributed by atoms with E-state index in [2.05, 4.69) is 34.0 Å². The van der Waals surface area contributed by atoms with Gasteiger partial charge >= 0.3 is 0 Å². The van der Waals surface area contributed by atoms with E-state index < -0.39 is 0 Å². The Kier molecular flexibility index (Phi) is 5.72. The number of aromatic nitrogens is 2. The third-order valence-electron chi connectivity index (χ3n) is 4.13. The van der Waals surface area contributed by atoms with Crippen molar-refractivity contribution in [2.45, 2.75) is 19.6 Å². The van der Waals surface area contributed by atoms with Gasteiger partial charge in [0.1, 0.15) is 0 Å². The number of fused-ring (bicyclic) bond motifs is 1. The van der Waals surface area contributed by atoms with Crippen LogP contribution in [0.3, 0.4) is 0 Å². The van der Waals surface area contributed by atoms with Gasteiger partial charge < -0.3 is 14.8 Å². The van der Waals surface area contributed by atoms with E-state index in [0.717, 1.165) is 40.1 Å². The van der Waals surface area contributed by atoms with Gasteiger partial charge in [-0.05, 0) is 41.9 Å². The third kappa shape index (κ3) is 4.02. The average molecular weight is 379 g/mol. The van der Waals surface area contributed by atoms with E-state index in [1.54, 1.807) is 20.3 Å². The molecule has 8 heteroatoms. The molecule has 1 N–H and O–H groups in total. The topological polar surface area (TPSA) is 51.6 Å². The van der Waals surface area contributed by atoms with Crippen LogP contribution in [0, 0.1) is 3.95 Å². The van der Waals surface area contributed by atoms with Crippen LogP contribution in [0.25, 0.3) is 0 Å². The zero-order chi connectivity index (χ0) is 17.8. The first-order valence-electron chi connectivity index (χ1n) is 8.03. The number of hydrogen-bond donors (Lipinski definition) is 1. The van der Waals surface area contributed by atoms with E-state index in [0.29, 0.717) is 13.2 Å². The summed E-state index contributed by atoms with van der Waals surface area (Å²) in [4.78, 5) is 2.33. The normalized spacial score (nSPS) is 14.0. The number of methoxy groups -OCH3 is 2. The van der Waals surface area contributed by atoms with Crippen molar-refractivity contribution in [3.63, 3.8) is 0 Å². The average Bonchev–Trinajstić information content (AvgIpc) is 2.98. The first-order chi connectivity index (χ1) is 12.1. The summed E-state index contributed by atoms with van der Waals surface area (Å²) in [5.74, 6) is 1.55. The molecule has 0 saturated carbocycles. The molecule has 0 atom stereocenters. The highest BCUT2D eigenvalue weighted by Gasteiger charge is 2.20. The lowest BCUT2D eigenvalue weighted by Gasteiger charge is -2.29. The SMILES string of the molecule is C=CCNc1nn(CN2CCc3cc(OC)c(OC)cc3C2)c(=S)s1. The highest BCUT2D eigenvalue weighted by Crippen LogP contribution is 2.33. The Bertz CT molecular complexity index is 815. The molecule has 0 radical (unpaired) electrons. The first-order valence-corrected chi connectivity index (χ1v) is 9.26. The summed E-state index contributed by atoms with van der Waals surface area (Å²) in [6, 6.07) is 4.15. The lowest BCUT2D eigenvalue weighted by molar-refractivity contribution is 0.188. The van der Waals surface area contributed by atoms with Crippen LogP contribution in [-0.2, 0) is 19.6 Å². The maximum absolute atomic E-state index is 5.43. The number of rotatable bonds is 7. The Balaban J connectivity index is 1.74. The van der Waals surface area contributed by atoms with E-state index in [1.807, 2.05) is 4.68 Å². The quantitative estimate of drug-likeness (QED) is 0.589. The molecule has 1 aliphatic rings. The minimum atomic E-state index is 0.679. The van der Waals surface area contributed by atoms with Crippen molar-refractivity contribution >= 4 is 28.7 Å². The molecule has 0 saturated heterocycles. The van der Waals surface area contributed by atoms with Crippen LogP contribution in [0.15, 0.2) is 24.8 Å². The van der Waals surface area contributed by atoms with Crippen molar-refractivity contribution in [3.8, 4) is 11.5 Å². The van der Waals surface area contributed by atoms with Crippen LogP contribution < -0.4 is 14.8 Å². The largest absolute Gasteiger partial charge is 0.493 e. The summed E-state index contributed by atoms with van der Waals surface area (Å²) in [7, 11) is 3.33. The third-order valence-corrected chi connectivity index (χ3v) is 5.40. The molecule has 3 rings (SSSR count). The van der Waals surface area contributed by atoms with Crippen molar-refractivity contribution in [3.05, 3.63) is 39.9 Å². The fraction of sp³-hybridized carbons (Fsp3) is 0.412. The summed E-state index contributed by atoms with van der Waals surface area (Å²) in [5, 5.41) is 8.56. The van der Waals surface area contributed by atoms with Gasteiger partial charge in [0.05, 0.1) is 20.9 Å². The zero-order valence-electron chi connectivity index (χ0n) is 14.4. The number of nitrogens with one attached hydrogen (secondary N) is 1. The molecule has 0 bridgehead atoms. The summed E-state index contributed by atoms with van der Waals surface area (Å²) in [6.07, 6.45) is 2.77. The van der Waals surface area contributed by atoms with Crippen molar-refractivity contribution in [1.82, 2.24) is 14.7 Å². The summed E-state index contributed by atoms with van der Waals surface area (Å²) < 4.78 is 13.5. The zero-order valence-corrected chi connectivity index (χ0v) is 16.1. The number of benzene rings is 1. The van der Waals surface area contributed by atoms with Crippen molar-refractivity contribution < 1.29 is 9.47 Å². The number of nitrogens with zero attached hydrogens (tertiary/aromatic N) is 3. The lowest BCUT2D eigenvalue weighted by Crippen LogP contribution is -2.32. The molecule has 1 aliphatic heterocycles. The lowest BCUT2D eigenvalue weighted by atomic mass is 9.99. The molecule has 1 aromatic heterocycles. The molecule has 25 heavy (non-hydrogen) atoms. The number of ether oxygens (including phenoxy) is 2. The fourth-order valence-corrected chi connectivity index (χ4v) is 3.88. The van der Waals surface area contributed by atoms with Gasteiger partial charge in [-0.1, -0.05) is 17.4 Å². The Labute approximate surface area is 156 Å². The van der Waals surface area contributed by atoms with Gasteiger partial charge in [0.2, 0.25) is 5.13 Å². The van der Waals surface area contributed by atoms with E-state index in [-0.39, 0.29) is 0 Å². The van der Waals surface area contributed by atoms with E-state index >= 15 is 0 Å². The number of hydrogen-bond acceptors (Lipinski definition) is 7. The second kappa shape index (κ2) is 7.99. The summed E-state index contributed by atoms with van der Waals surface area (Å²) in [5.41, 5.74) is 2.57. The number of anilines is 1. The van der Waals surface area contributed by atoms with Crippen LogP contribution in [0.5, 0.6) is 11.5 Å². The van der Waals surface area contributed by atoms with Gasteiger partial charge in [-0.2, -0.15) is 0 Å². The Morgan fingerprint density at radius 2 is 2.04 bits per heavy atom. The summed E-state index contributed by atoms with van der Waals surface area (Å²) in [6.45, 7) is 6.85. The Morgan fingerprint density at radius 1 is 1.32 bits per heavy atom. The first kappa shape index (κ1) is 17.9. The predicted molar refractivity (Wildman–Crippen MR) is 103 cm³/mol. The minimum absolute atomic E-state index is 0.679. The highest BCUT2D eigenvalue weighted by molar-refractivity contribution is 7.73. The highest BCUT2D eigenvalue weighted by atomic mass is 32.1. The molecule has 1 aromatic carbocycles. The maximum atomic E-state index is 5.43. The van der Waals surface area contributed by atoms with Crippen molar-refractivity contribution in [2.24, 2.45) is 0 Å². The van der Waals surface area contributed by atoms with Crippen LogP contribution in [0.1, 0.15) is 11.1 Å². The van der Waals surface area contributed by atoms with Gasteiger partial charge in [0.15, 0.2) is 15.5 Å². The minimum Gasteiger partial charge on any atom is -0.493 e. The molecule has 6 nitrogen and oxygen atoms in total. The molecule has 134 valence electrons. The predicted octanol–water partition coefficient (Wildman–Crippen LogP) is 3.30. The van der Waals surface area contributed by atoms with Gasteiger partial charge in [-0.25, -0.2) is 4.68 Å². The Hall–Kier alpha value is -1.90. The van der Waals surface area contributed by atoms with E-state index in [1.165, 1.54) is 22.5 Å². The van der Waals surface area contributed by atoms with E-state index in [9.17, 15) is 0 Å². The molecule has 0 aliphatic carbocycles. The van der Waals surface area contributed by atoms with E-state index in [4.69, 9.17) is 21.7 Å². The Morgan fingerprint density at radius 3 is 2.72 bits per heavy atom. The van der Waals surface area contributed by atoms with Crippen molar-refractivity contribution in [2.75, 3.05) is 32.6 Å². The van der Waals surface area contributed by atoms with Gasteiger partial charge in [0, 0.05) is 19.6 Å². The van der Waals surface area contributed by atoms with Crippen LogP contribution >= 0.6 is 23.6 Å². The van der Waals surface area contributed by atoms with Crippen LogP contribution in [0.4, 0.5) is 5.13 Å². The molecular weight excluding hydrogens is 356 g/mol.